The van der Waals surface area contributed by atoms with E-state index in [4.69, 9.17) is 5.11 Å². The van der Waals surface area contributed by atoms with E-state index in [1.54, 1.807) is 12.1 Å². The van der Waals surface area contributed by atoms with Gasteiger partial charge in [0.2, 0.25) is 0 Å². The molecule has 0 amide bonds. The average Bonchev–Trinajstić information content (AvgIpc) is 2.28. The number of carboxylic acid groups (broad SMARTS) is 1. The Labute approximate surface area is 91.3 Å². The smallest absolute Gasteiger partial charge is 0.377 e. The number of rotatable bonds is 4. The predicted octanol–water partition coefficient (Wildman–Crippen LogP) is 2.00. The normalized spacial score (nSPS) is 13.5. The van der Waals surface area contributed by atoms with Gasteiger partial charge in [-0.15, -0.1) is 0 Å². The fourth-order valence-corrected chi connectivity index (χ4v) is 1.26. The minimum atomic E-state index is -4.17. The van der Waals surface area contributed by atoms with Crippen LogP contribution in [0.5, 0.6) is 0 Å². The summed E-state index contributed by atoms with van der Waals surface area (Å²) in [4.78, 5) is 10.2. The van der Waals surface area contributed by atoms with Gasteiger partial charge < -0.3 is 10.2 Å². The Morgan fingerprint density at radius 1 is 1.38 bits per heavy atom. The maximum Gasteiger partial charge on any atom is 0.377 e. The molecule has 1 aromatic rings. The molecule has 3 nitrogen and oxygen atoms in total. The number of benzene rings is 1. The zero-order valence-electron chi connectivity index (χ0n) is 8.65. The van der Waals surface area contributed by atoms with Gasteiger partial charge in [-0.3, -0.25) is 0 Å². The fraction of sp³-hybridized carbons (Fsp3) is 0.364. The number of hydrogen-bond donors (Lipinski definition) is 2. The molecule has 0 bridgehead atoms. The van der Waals surface area contributed by atoms with Crippen LogP contribution in [0, 0.1) is 0 Å². The van der Waals surface area contributed by atoms with Crippen molar-refractivity contribution in [3.05, 3.63) is 35.4 Å². The van der Waals surface area contributed by atoms with E-state index in [0.717, 1.165) is 12.0 Å². The number of alkyl halides is 2. The van der Waals surface area contributed by atoms with Crippen LogP contribution in [-0.4, -0.2) is 22.1 Å². The van der Waals surface area contributed by atoms with E-state index >= 15 is 0 Å². The Balaban J connectivity index is 2.96. The van der Waals surface area contributed by atoms with Gasteiger partial charge in [-0.1, -0.05) is 31.2 Å². The Morgan fingerprint density at radius 2 is 1.88 bits per heavy atom. The SMILES string of the molecule is CCc1ccc(C(O)C(F)(F)C(=O)O)cc1. The van der Waals surface area contributed by atoms with Crippen LogP contribution in [0.2, 0.25) is 0 Å². The van der Waals surface area contributed by atoms with Crippen molar-refractivity contribution < 1.29 is 23.8 Å². The number of aliphatic hydroxyl groups excluding tert-OH is 1. The van der Waals surface area contributed by atoms with E-state index in [0.29, 0.717) is 0 Å². The second-order valence-electron chi connectivity index (χ2n) is 3.43. The van der Waals surface area contributed by atoms with Crippen molar-refractivity contribution in [2.45, 2.75) is 25.4 Å². The highest BCUT2D eigenvalue weighted by atomic mass is 19.3. The molecule has 0 spiro atoms. The van der Waals surface area contributed by atoms with E-state index in [1.165, 1.54) is 12.1 Å². The lowest BCUT2D eigenvalue weighted by Crippen LogP contribution is -2.35. The quantitative estimate of drug-likeness (QED) is 0.831. The molecule has 1 unspecified atom stereocenters. The summed E-state index contributed by atoms with van der Waals surface area (Å²) < 4.78 is 25.9. The molecule has 0 saturated carbocycles. The second kappa shape index (κ2) is 4.57. The monoisotopic (exact) mass is 230 g/mol. The molecule has 1 aromatic carbocycles. The van der Waals surface area contributed by atoms with Crippen molar-refractivity contribution >= 4 is 5.97 Å². The molecule has 0 heterocycles. The van der Waals surface area contributed by atoms with Crippen LogP contribution in [0.3, 0.4) is 0 Å². The lowest BCUT2D eigenvalue weighted by Gasteiger charge is -2.18. The van der Waals surface area contributed by atoms with Crippen LogP contribution < -0.4 is 0 Å². The predicted molar refractivity (Wildman–Crippen MR) is 53.4 cm³/mol. The molecule has 0 aliphatic carbocycles. The maximum absolute atomic E-state index is 13.0. The second-order valence-corrected chi connectivity index (χ2v) is 3.43. The summed E-state index contributed by atoms with van der Waals surface area (Å²) >= 11 is 0. The van der Waals surface area contributed by atoms with Crippen LogP contribution in [-0.2, 0) is 11.2 Å². The largest absolute Gasteiger partial charge is 0.477 e. The van der Waals surface area contributed by atoms with Crippen molar-refractivity contribution in [3.63, 3.8) is 0 Å². The van der Waals surface area contributed by atoms with E-state index in [2.05, 4.69) is 0 Å². The molecule has 5 heteroatoms. The van der Waals surface area contributed by atoms with Crippen molar-refractivity contribution in [1.29, 1.82) is 0 Å². The van der Waals surface area contributed by atoms with Crippen LogP contribution in [0.15, 0.2) is 24.3 Å². The van der Waals surface area contributed by atoms with Crippen molar-refractivity contribution in [1.82, 2.24) is 0 Å². The highest BCUT2D eigenvalue weighted by Gasteiger charge is 2.47. The molecule has 1 atom stereocenters. The van der Waals surface area contributed by atoms with Gasteiger partial charge in [-0.25, -0.2) is 4.79 Å². The highest BCUT2D eigenvalue weighted by Crippen LogP contribution is 2.31. The molecule has 88 valence electrons. The first-order valence-electron chi connectivity index (χ1n) is 4.77. The molecule has 0 aliphatic rings. The standard InChI is InChI=1S/C11H12F2O3/c1-2-7-3-5-8(6-4-7)9(14)11(12,13)10(15)16/h3-6,9,14H,2H2,1H3,(H,15,16). The van der Waals surface area contributed by atoms with Gasteiger partial charge in [0.1, 0.15) is 0 Å². The summed E-state index contributed by atoms with van der Waals surface area (Å²) in [6, 6.07) is 5.77. The summed E-state index contributed by atoms with van der Waals surface area (Å²) in [7, 11) is 0. The number of aryl methyl sites for hydroxylation is 1. The summed E-state index contributed by atoms with van der Waals surface area (Å²) in [5.41, 5.74) is 0.819. The Kier molecular flexibility index (Phi) is 3.59. The van der Waals surface area contributed by atoms with Crippen LogP contribution in [0.4, 0.5) is 8.78 Å². The number of aliphatic carboxylic acids is 1. The summed E-state index contributed by atoms with van der Waals surface area (Å²) in [5, 5.41) is 17.5. The molecule has 0 aromatic heterocycles. The molecular formula is C11H12F2O3. The van der Waals surface area contributed by atoms with Crippen molar-refractivity contribution in [2.24, 2.45) is 0 Å². The van der Waals surface area contributed by atoms with Gasteiger partial charge in [-0.05, 0) is 17.5 Å². The number of hydrogen-bond acceptors (Lipinski definition) is 2. The zero-order valence-corrected chi connectivity index (χ0v) is 8.65. The topological polar surface area (TPSA) is 57.5 Å². The Hall–Kier alpha value is -1.49. The van der Waals surface area contributed by atoms with Crippen LogP contribution in [0.25, 0.3) is 0 Å². The average molecular weight is 230 g/mol. The van der Waals surface area contributed by atoms with Gasteiger partial charge in [0.25, 0.3) is 0 Å². The molecule has 0 saturated heterocycles. The van der Waals surface area contributed by atoms with Gasteiger partial charge >= 0.3 is 11.9 Å². The maximum atomic E-state index is 13.0. The van der Waals surface area contributed by atoms with E-state index < -0.39 is 18.0 Å². The van der Waals surface area contributed by atoms with Gasteiger partial charge in [-0.2, -0.15) is 8.78 Å². The van der Waals surface area contributed by atoms with Crippen LogP contribution >= 0.6 is 0 Å². The number of aliphatic hydroxyl groups is 1. The molecule has 0 fully saturated rings. The first kappa shape index (κ1) is 12.6. The summed E-state index contributed by atoms with van der Waals surface area (Å²) in [5.74, 6) is -6.51. The number of halogens is 2. The zero-order chi connectivity index (χ0) is 12.3. The third-order valence-corrected chi connectivity index (χ3v) is 2.33. The van der Waals surface area contributed by atoms with E-state index in [9.17, 15) is 18.7 Å². The Bertz CT molecular complexity index is 373. The Morgan fingerprint density at radius 3 is 2.25 bits per heavy atom. The lowest BCUT2D eigenvalue weighted by molar-refractivity contribution is -0.182. The molecule has 16 heavy (non-hydrogen) atoms. The first-order chi connectivity index (χ1) is 7.39. The molecule has 0 aliphatic heterocycles. The molecule has 1 rings (SSSR count). The first-order valence-corrected chi connectivity index (χ1v) is 4.77. The fourth-order valence-electron chi connectivity index (χ4n) is 1.26. The highest BCUT2D eigenvalue weighted by molar-refractivity contribution is 5.76. The lowest BCUT2D eigenvalue weighted by atomic mass is 10.0. The third-order valence-electron chi connectivity index (χ3n) is 2.33. The summed E-state index contributed by atoms with van der Waals surface area (Å²) in [6.07, 6.45) is -1.58. The van der Waals surface area contributed by atoms with Gasteiger partial charge in [0, 0.05) is 0 Å². The molecule has 0 radical (unpaired) electrons. The third kappa shape index (κ3) is 2.36. The van der Waals surface area contributed by atoms with E-state index in [1.807, 2.05) is 6.92 Å². The van der Waals surface area contributed by atoms with Gasteiger partial charge in [0.15, 0.2) is 6.10 Å². The van der Waals surface area contributed by atoms with Crippen LogP contribution in [0.1, 0.15) is 24.2 Å². The van der Waals surface area contributed by atoms with Gasteiger partial charge in [0.05, 0.1) is 0 Å². The van der Waals surface area contributed by atoms with Crippen molar-refractivity contribution in [2.75, 3.05) is 0 Å². The minimum Gasteiger partial charge on any atom is -0.477 e. The molecular weight excluding hydrogens is 218 g/mol. The van der Waals surface area contributed by atoms with Crippen molar-refractivity contribution in [3.8, 4) is 0 Å². The minimum absolute atomic E-state index is 0.107. The number of carboxylic acids is 1. The molecule has 2 N–H and O–H groups in total. The van der Waals surface area contributed by atoms with E-state index in [-0.39, 0.29) is 5.56 Å². The number of carbonyl (C=O) groups is 1. The summed E-state index contributed by atoms with van der Waals surface area (Å²) in [6.45, 7) is 1.90.